The van der Waals surface area contributed by atoms with Crippen molar-refractivity contribution in [2.75, 3.05) is 0 Å². The van der Waals surface area contributed by atoms with Gasteiger partial charge in [0, 0.05) is 18.1 Å². The van der Waals surface area contributed by atoms with Gasteiger partial charge in [0.05, 0.1) is 0 Å². The van der Waals surface area contributed by atoms with Crippen molar-refractivity contribution >= 4 is 28.4 Å². The van der Waals surface area contributed by atoms with Gasteiger partial charge in [0.25, 0.3) is 5.91 Å². The summed E-state index contributed by atoms with van der Waals surface area (Å²) in [6.45, 7) is 0.332. The van der Waals surface area contributed by atoms with Crippen molar-refractivity contribution < 1.29 is 9.90 Å². The summed E-state index contributed by atoms with van der Waals surface area (Å²) < 4.78 is 0. The quantitative estimate of drug-likeness (QED) is 0.729. The third-order valence-corrected chi connectivity index (χ3v) is 3.49. The van der Waals surface area contributed by atoms with Crippen LogP contribution in [0.2, 0.25) is 5.15 Å². The topological polar surface area (TPSA) is 75.1 Å². The van der Waals surface area contributed by atoms with Crippen molar-refractivity contribution in [3.05, 3.63) is 65.1 Å². The number of benzene rings is 1. The molecule has 0 aliphatic carbocycles. The van der Waals surface area contributed by atoms with Crippen LogP contribution in [0.15, 0.2) is 48.7 Å². The number of aromatic hydroxyl groups is 1. The van der Waals surface area contributed by atoms with Gasteiger partial charge in [0.15, 0.2) is 11.4 Å². The monoisotopic (exact) mass is 313 g/mol. The molecular formula is C16H12ClN3O2. The number of halogens is 1. The van der Waals surface area contributed by atoms with Gasteiger partial charge in [-0.1, -0.05) is 41.9 Å². The Labute approximate surface area is 131 Å². The first kappa shape index (κ1) is 14.3. The van der Waals surface area contributed by atoms with Crippen LogP contribution in [0.4, 0.5) is 0 Å². The second-order valence-electron chi connectivity index (χ2n) is 4.67. The zero-order valence-corrected chi connectivity index (χ0v) is 12.2. The van der Waals surface area contributed by atoms with Crippen LogP contribution in [0, 0.1) is 0 Å². The second-order valence-corrected chi connectivity index (χ2v) is 5.03. The summed E-state index contributed by atoms with van der Waals surface area (Å²) in [5, 5.41) is 13.5. The molecule has 2 heterocycles. The summed E-state index contributed by atoms with van der Waals surface area (Å²) in [4.78, 5) is 20.2. The van der Waals surface area contributed by atoms with Gasteiger partial charge in [-0.25, -0.2) is 4.98 Å². The number of nitrogens with zero attached hydrogens (tertiary/aromatic N) is 2. The van der Waals surface area contributed by atoms with Gasteiger partial charge in [0.1, 0.15) is 10.7 Å². The Morgan fingerprint density at radius 1 is 1.18 bits per heavy atom. The molecule has 0 bridgehead atoms. The number of carbonyl (C=O) groups is 1. The normalized spacial score (nSPS) is 10.6. The smallest absolute Gasteiger partial charge is 0.274 e. The molecule has 0 aliphatic rings. The van der Waals surface area contributed by atoms with Crippen molar-refractivity contribution in [2.45, 2.75) is 6.54 Å². The molecule has 0 unspecified atom stereocenters. The Hall–Kier alpha value is -2.66. The Bertz CT molecular complexity index is 837. The number of pyridine rings is 2. The van der Waals surface area contributed by atoms with E-state index < -0.39 is 5.91 Å². The van der Waals surface area contributed by atoms with Crippen LogP contribution < -0.4 is 5.32 Å². The summed E-state index contributed by atoms with van der Waals surface area (Å²) in [6.07, 6.45) is 1.52. The van der Waals surface area contributed by atoms with E-state index in [1.807, 2.05) is 30.3 Å². The molecule has 2 aromatic heterocycles. The maximum absolute atomic E-state index is 12.2. The molecule has 0 atom stereocenters. The summed E-state index contributed by atoms with van der Waals surface area (Å²) in [7, 11) is 0. The molecule has 3 rings (SSSR count). The SMILES string of the molecule is O=C(NCc1ccccc1)c1nc(Cl)c2cccnc2c1O. The van der Waals surface area contributed by atoms with E-state index >= 15 is 0 Å². The number of nitrogens with one attached hydrogen (secondary N) is 1. The van der Waals surface area contributed by atoms with Crippen LogP contribution in [0.25, 0.3) is 10.9 Å². The molecule has 5 nitrogen and oxygen atoms in total. The van der Waals surface area contributed by atoms with Crippen molar-refractivity contribution in [1.29, 1.82) is 0 Å². The molecule has 0 fully saturated rings. The molecule has 6 heteroatoms. The Morgan fingerprint density at radius 2 is 1.95 bits per heavy atom. The Balaban J connectivity index is 1.89. The number of rotatable bonds is 3. The summed E-state index contributed by atoms with van der Waals surface area (Å²) in [5.41, 5.74) is 1.07. The molecule has 22 heavy (non-hydrogen) atoms. The molecule has 1 amide bonds. The number of hydrogen-bond acceptors (Lipinski definition) is 4. The summed E-state index contributed by atoms with van der Waals surface area (Å²) in [5.74, 6) is -0.777. The van der Waals surface area contributed by atoms with Gasteiger partial charge < -0.3 is 10.4 Å². The fourth-order valence-electron chi connectivity index (χ4n) is 2.10. The van der Waals surface area contributed by atoms with Crippen LogP contribution in [-0.2, 0) is 6.54 Å². The highest BCUT2D eigenvalue weighted by atomic mass is 35.5. The van der Waals surface area contributed by atoms with E-state index in [1.165, 1.54) is 6.20 Å². The lowest BCUT2D eigenvalue weighted by atomic mass is 10.2. The zero-order valence-electron chi connectivity index (χ0n) is 11.5. The van der Waals surface area contributed by atoms with Gasteiger partial charge in [-0.3, -0.25) is 9.78 Å². The predicted octanol–water partition coefficient (Wildman–Crippen LogP) is 2.92. The lowest BCUT2D eigenvalue weighted by molar-refractivity contribution is 0.0943. The van der Waals surface area contributed by atoms with Crippen molar-refractivity contribution in [3.8, 4) is 5.75 Å². The molecule has 2 N–H and O–H groups in total. The second kappa shape index (κ2) is 5.99. The summed E-state index contributed by atoms with van der Waals surface area (Å²) in [6, 6.07) is 12.8. The average Bonchev–Trinajstić information content (AvgIpc) is 2.57. The van der Waals surface area contributed by atoms with Crippen LogP contribution in [0.3, 0.4) is 0 Å². The van der Waals surface area contributed by atoms with E-state index in [2.05, 4.69) is 15.3 Å². The fraction of sp³-hybridized carbons (Fsp3) is 0.0625. The average molecular weight is 314 g/mol. The third kappa shape index (κ3) is 2.71. The van der Waals surface area contributed by atoms with E-state index in [-0.39, 0.29) is 22.1 Å². The standard InChI is InChI=1S/C16H12ClN3O2/c17-15-11-7-4-8-18-12(11)14(21)13(20-15)16(22)19-9-10-5-2-1-3-6-10/h1-8,21H,9H2,(H,19,22). The molecule has 0 aliphatic heterocycles. The van der Waals surface area contributed by atoms with E-state index in [4.69, 9.17) is 11.6 Å². The highest BCUT2D eigenvalue weighted by Crippen LogP contribution is 2.30. The van der Waals surface area contributed by atoms with Gasteiger partial charge in [-0.05, 0) is 17.7 Å². The van der Waals surface area contributed by atoms with Crippen molar-refractivity contribution in [3.63, 3.8) is 0 Å². The first-order valence-electron chi connectivity index (χ1n) is 6.62. The van der Waals surface area contributed by atoms with E-state index in [9.17, 15) is 9.90 Å². The minimum atomic E-state index is -0.504. The number of aromatic nitrogens is 2. The minimum Gasteiger partial charge on any atom is -0.504 e. The van der Waals surface area contributed by atoms with E-state index in [1.54, 1.807) is 12.1 Å². The number of hydrogen-bond donors (Lipinski definition) is 2. The maximum atomic E-state index is 12.2. The fourth-order valence-corrected chi connectivity index (χ4v) is 2.34. The van der Waals surface area contributed by atoms with Crippen LogP contribution >= 0.6 is 11.6 Å². The largest absolute Gasteiger partial charge is 0.504 e. The molecule has 110 valence electrons. The van der Waals surface area contributed by atoms with Gasteiger partial charge >= 0.3 is 0 Å². The van der Waals surface area contributed by atoms with E-state index in [0.717, 1.165) is 5.56 Å². The first-order chi connectivity index (χ1) is 10.7. The van der Waals surface area contributed by atoms with Crippen LogP contribution in [0.5, 0.6) is 5.75 Å². The molecule has 0 spiro atoms. The molecule has 1 aromatic carbocycles. The van der Waals surface area contributed by atoms with Crippen molar-refractivity contribution in [2.24, 2.45) is 0 Å². The zero-order chi connectivity index (χ0) is 15.5. The molecule has 0 saturated heterocycles. The van der Waals surface area contributed by atoms with Gasteiger partial charge in [-0.15, -0.1) is 0 Å². The third-order valence-electron chi connectivity index (χ3n) is 3.20. The van der Waals surface area contributed by atoms with Crippen molar-refractivity contribution in [1.82, 2.24) is 15.3 Å². The van der Waals surface area contributed by atoms with Gasteiger partial charge in [-0.2, -0.15) is 0 Å². The predicted molar refractivity (Wildman–Crippen MR) is 83.8 cm³/mol. The van der Waals surface area contributed by atoms with E-state index in [0.29, 0.717) is 11.9 Å². The highest BCUT2D eigenvalue weighted by molar-refractivity contribution is 6.34. The lowest BCUT2D eigenvalue weighted by Gasteiger charge is -2.09. The minimum absolute atomic E-state index is 0.130. The summed E-state index contributed by atoms with van der Waals surface area (Å²) >= 11 is 6.05. The first-order valence-corrected chi connectivity index (χ1v) is 7.00. The molecule has 0 saturated carbocycles. The number of fused-ring (bicyclic) bond motifs is 1. The number of amides is 1. The Kier molecular flexibility index (Phi) is 3.89. The molecular weight excluding hydrogens is 302 g/mol. The molecule has 0 radical (unpaired) electrons. The number of carbonyl (C=O) groups excluding carboxylic acids is 1. The Morgan fingerprint density at radius 3 is 2.73 bits per heavy atom. The van der Waals surface area contributed by atoms with Gasteiger partial charge in [0.2, 0.25) is 0 Å². The highest BCUT2D eigenvalue weighted by Gasteiger charge is 2.18. The maximum Gasteiger partial charge on any atom is 0.274 e. The molecule has 3 aromatic rings. The lowest BCUT2D eigenvalue weighted by Crippen LogP contribution is -2.24. The van der Waals surface area contributed by atoms with Crippen LogP contribution in [0.1, 0.15) is 16.1 Å². The van der Waals surface area contributed by atoms with Crippen LogP contribution in [-0.4, -0.2) is 21.0 Å².